The van der Waals surface area contributed by atoms with Crippen LogP contribution >= 0.6 is 0 Å². The van der Waals surface area contributed by atoms with Gasteiger partial charge in [-0.2, -0.15) is 0 Å². The van der Waals surface area contributed by atoms with Crippen LogP contribution in [0.2, 0.25) is 0 Å². The van der Waals surface area contributed by atoms with Gasteiger partial charge >= 0.3 is 0 Å². The minimum absolute atomic E-state index is 0.0719. The first-order valence-corrected chi connectivity index (χ1v) is 6.20. The van der Waals surface area contributed by atoms with Gasteiger partial charge in [0.15, 0.2) is 12.4 Å². The highest BCUT2D eigenvalue weighted by Gasteiger charge is 2.48. The number of aliphatic imine (C=N–C) groups is 1. The molecule has 98 valence electrons. The van der Waals surface area contributed by atoms with Crippen molar-refractivity contribution in [3.63, 3.8) is 0 Å². The van der Waals surface area contributed by atoms with Gasteiger partial charge in [0.1, 0.15) is 0 Å². The first-order chi connectivity index (χ1) is 8.02. The second-order valence-electron chi connectivity index (χ2n) is 5.00. The zero-order valence-corrected chi connectivity index (χ0v) is 11.2. The highest BCUT2D eigenvalue weighted by Crippen LogP contribution is 2.32. The van der Waals surface area contributed by atoms with E-state index in [1.807, 2.05) is 20.9 Å². The second-order valence-corrected chi connectivity index (χ2v) is 5.00. The van der Waals surface area contributed by atoms with E-state index in [1.165, 1.54) is 0 Å². The Labute approximate surface area is 103 Å². The Morgan fingerprint density at radius 3 is 2.76 bits per heavy atom. The highest BCUT2D eigenvalue weighted by molar-refractivity contribution is 5.76. The molecule has 2 aliphatic rings. The van der Waals surface area contributed by atoms with Crippen LogP contribution in [-0.4, -0.2) is 55.7 Å². The Kier molecular flexibility index (Phi) is 3.58. The van der Waals surface area contributed by atoms with Crippen LogP contribution in [0.5, 0.6) is 0 Å². The average molecular weight is 242 g/mol. The Bertz CT molecular complexity index is 304. The van der Waals surface area contributed by atoms with E-state index >= 15 is 0 Å². The maximum Gasteiger partial charge on any atom is 0.287 e. The smallest absolute Gasteiger partial charge is 0.287 e. The van der Waals surface area contributed by atoms with E-state index in [1.54, 1.807) is 7.05 Å². The van der Waals surface area contributed by atoms with Crippen molar-refractivity contribution >= 4 is 6.02 Å². The minimum atomic E-state index is -0.301. The van der Waals surface area contributed by atoms with Crippen molar-refractivity contribution in [2.24, 2.45) is 4.99 Å². The average Bonchev–Trinajstić information content (AvgIpc) is 2.55. The largest absolute Gasteiger partial charge is 0.454 e. The molecule has 17 heavy (non-hydrogen) atoms. The predicted octanol–water partition coefficient (Wildman–Crippen LogP) is 1.23. The van der Waals surface area contributed by atoms with Gasteiger partial charge in [-0.25, -0.2) is 4.99 Å². The molecule has 0 aromatic rings. The van der Waals surface area contributed by atoms with Crippen LogP contribution in [0.4, 0.5) is 0 Å². The van der Waals surface area contributed by atoms with Crippen LogP contribution in [0.3, 0.4) is 0 Å². The van der Waals surface area contributed by atoms with Crippen LogP contribution in [0, 0.1) is 0 Å². The molecular formula is C12H22N2O3. The van der Waals surface area contributed by atoms with Crippen LogP contribution in [0.15, 0.2) is 4.99 Å². The van der Waals surface area contributed by atoms with Gasteiger partial charge in [-0.1, -0.05) is 0 Å². The van der Waals surface area contributed by atoms with Crippen molar-refractivity contribution in [1.82, 2.24) is 4.90 Å². The molecule has 4 atom stereocenters. The molecule has 2 aliphatic heterocycles. The van der Waals surface area contributed by atoms with E-state index in [4.69, 9.17) is 14.2 Å². The Balaban J connectivity index is 2.14. The summed E-state index contributed by atoms with van der Waals surface area (Å²) in [6, 6.07) is 0.969. The number of amidine groups is 1. The third kappa shape index (κ3) is 2.40. The van der Waals surface area contributed by atoms with Gasteiger partial charge < -0.3 is 19.1 Å². The van der Waals surface area contributed by atoms with E-state index in [9.17, 15) is 0 Å². The normalized spacial score (nSPS) is 39.6. The maximum absolute atomic E-state index is 5.82. The topological polar surface area (TPSA) is 43.3 Å². The van der Waals surface area contributed by atoms with Crippen LogP contribution in [-0.2, 0) is 14.2 Å². The lowest BCUT2D eigenvalue weighted by Crippen LogP contribution is -2.50. The molecule has 2 saturated heterocycles. The van der Waals surface area contributed by atoms with Crippen molar-refractivity contribution in [3.8, 4) is 0 Å². The van der Waals surface area contributed by atoms with E-state index in [2.05, 4.69) is 16.8 Å². The molecule has 0 spiro atoms. The van der Waals surface area contributed by atoms with Crippen molar-refractivity contribution in [1.29, 1.82) is 0 Å². The number of likely N-dealkylation sites (N-methyl/N-ethyl adjacent to an activating group) is 1. The fourth-order valence-electron chi connectivity index (χ4n) is 2.47. The van der Waals surface area contributed by atoms with Gasteiger partial charge in [-0.3, -0.25) is 0 Å². The van der Waals surface area contributed by atoms with Crippen molar-refractivity contribution < 1.29 is 14.2 Å². The minimum Gasteiger partial charge on any atom is -0.454 e. The van der Waals surface area contributed by atoms with Gasteiger partial charge in [0.2, 0.25) is 0 Å². The zero-order chi connectivity index (χ0) is 12.6. The number of hydrogen-bond acceptors (Lipinski definition) is 4. The summed E-state index contributed by atoms with van der Waals surface area (Å²) in [5.41, 5.74) is 0. The number of ether oxygens (including phenoxy) is 3. The van der Waals surface area contributed by atoms with Gasteiger partial charge in [-0.05, 0) is 27.2 Å². The summed E-state index contributed by atoms with van der Waals surface area (Å²) >= 11 is 0. The summed E-state index contributed by atoms with van der Waals surface area (Å²) in [5.74, 6) is 0. The summed E-state index contributed by atoms with van der Waals surface area (Å²) in [6.07, 6.45) is 0.880. The van der Waals surface area contributed by atoms with Gasteiger partial charge in [0.05, 0.1) is 18.2 Å². The summed E-state index contributed by atoms with van der Waals surface area (Å²) in [5, 5.41) is 0. The summed E-state index contributed by atoms with van der Waals surface area (Å²) in [4.78, 5) is 6.22. The number of hydrogen-bond donors (Lipinski definition) is 0. The molecule has 0 aromatic carbocycles. The third-order valence-electron chi connectivity index (χ3n) is 3.23. The molecule has 0 aromatic heterocycles. The van der Waals surface area contributed by atoms with E-state index in [0.717, 1.165) is 6.42 Å². The quantitative estimate of drug-likeness (QED) is 0.730. The lowest BCUT2D eigenvalue weighted by molar-refractivity contribution is -0.247. The third-order valence-corrected chi connectivity index (χ3v) is 3.23. The molecule has 0 N–H and O–H groups in total. The summed E-state index contributed by atoms with van der Waals surface area (Å²) < 4.78 is 17.4. The lowest BCUT2D eigenvalue weighted by atomic mass is 10.0. The molecule has 3 unspecified atom stereocenters. The Morgan fingerprint density at radius 1 is 1.47 bits per heavy atom. The molecule has 2 rings (SSSR count). The van der Waals surface area contributed by atoms with Crippen molar-refractivity contribution in [2.45, 2.75) is 57.8 Å². The summed E-state index contributed by atoms with van der Waals surface area (Å²) in [6.45, 7) is 6.08. The van der Waals surface area contributed by atoms with Crippen molar-refractivity contribution in [2.75, 3.05) is 14.1 Å². The lowest BCUT2D eigenvalue weighted by Gasteiger charge is -2.37. The number of nitrogens with zero attached hydrogens (tertiary/aromatic N) is 2. The molecule has 5 nitrogen and oxygen atoms in total. The van der Waals surface area contributed by atoms with E-state index in [0.29, 0.717) is 12.1 Å². The molecule has 0 aliphatic carbocycles. The number of rotatable bonds is 2. The number of fused-ring (bicyclic) bond motifs is 1. The fourth-order valence-corrected chi connectivity index (χ4v) is 2.47. The molecule has 0 amide bonds. The van der Waals surface area contributed by atoms with Crippen molar-refractivity contribution in [3.05, 3.63) is 0 Å². The molecule has 0 saturated carbocycles. The Morgan fingerprint density at radius 2 is 2.18 bits per heavy atom. The standard InChI is InChI=1S/C12H22N2O3/c1-7(2)15-11-10-9(6-8(3)16-11)14(5)12(13-4)17-10/h7-11H,6H2,1-5H3/t8?,9?,10-,11?/m1/s1. The van der Waals surface area contributed by atoms with Gasteiger partial charge in [0, 0.05) is 14.1 Å². The predicted molar refractivity (Wildman–Crippen MR) is 65.0 cm³/mol. The SMILES string of the molecule is CN=C1O[C@H]2C(OC(C)C)OC(C)CC2N1C. The van der Waals surface area contributed by atoms with Crippen LogP contribution in [0.25, 0.3) is 0 Å². The molecule has 2 fully saturated rings. The fraction of sp³-hybridized carbons (Fsp3) is 0.917. The van der Waals surface area contributed by atoms with E-state index < -0.39 is 0 Å². The van der Waals surface area contributed by atoms with Gasteiger partial charge in [-0.15, -0.1) is 0 Å². The first kappa shape index (κ1) is 12.6. The molecule has 0 radical (unpaired) electrons. The molecule has 0 bridgehead atoms. The first-order valence-electron chi connectivity index (χ1n) is 6.20. The Hall–Kier alpha value is -0.810. The highest BCUT2D eigenvalue weighted by atomic mass is 16.7. The molecule has 5 heteroatoms. The van der Waals surface area contributed by atoms with Gasteiger partial charge in [0.25, 0.3) is 6.02 Å². The maximum atomic E-state index is 5.82. The van der Waals surface area contributed by atoms with Crippen LogP contribution in [0.1, 0.15) is 27.2 Å². The summed E-state index contributed by atoms with van der Waals surface area (Å²) in [7, 11) is 3.75. The second kappa shape index (κ2) is 4.82. The molecular weight excluding hydrogens is 220 g/mol. The van der Waals surface area contributed by atoms with Crippen LogP contribution < -0.4 is 0 Å². The molecule has 2 heterocycles. The monoisotopic (exact) mass is 242 g/mol. The van der Waals surface area contributed by atoms with E-state index in [-0.39, 0.29) is 24.6 Å². The zero-order valence-electron chi connectivity index (χ0n) is 11.2.